The zero-order chi connectivity index (χ0) is 11.1. The summed E-state index contributed by atoms with van der Waals surface area (Å²) in [6.45, 7) is 6.63. The van der Waals surface area contributed by atoms with Crippen LogP contribution in [0.15, 0.2) is 0 Å². The summed E-state index contributed by atoms with van der Waals surface area (Å²) < 4.78 is 0. The number of rotatable bonds is 1. The smallest absolute Gasteiger partial charge is 0.0728 e. The lowest BCUT2D eigenvalue weighted by Gasteiger charge is -2.57. The molecule has 2 N–H and O–H groups in total. The van der Waals surface area contributed by atoms with Crippen LogP contribution in [0.2, 0.25) is 0 Å². The Hall–Kier alpha value is -0.0800. The van der Waals surface area contributed by atoms with Gasteiger partial charge in [0.1, 0.15) is 0 Å². The van der Waals surface area contributed by atoms with Gasteiger partial charge in [0.2, 0.25) is 0 Å². The van der Waals surface area contributed by atoms with Crippen LogP contribution in [0.25, 0.3) is 0 Å². The van der Waals surface area contributed by atoms with E-state index in [1.54, 1.807) is 0 Å². The number of fused-ring (bicyclic) bond motifs is 1. The van der Waals surface area contributed by atoms with E-state index in [-0.39, 0.29) is 5.41 Å². The molecule has 0 aromatic rings. The van der Waals surface area contributed by atoms with Gasteiger partial charge in [0.05, 0.1) is 5.60 Å². The van der Waals surface area contributed by atoms with Crippen LogP contribution in [-0.4, -0.2) is 22.8 Å². The first kappa shape index (κ1) is 11.4. The van der Waals surface area contributed by atoms with Crippen molar-refractivity contribution in [2.45, 2.75) is 77.0 Å². The molecular formula is C13H25NO. The Morgan fingerprint density at radius 1 is 1.40 bits per heavy atom. The standard InChI is InChI=1S/C13H25NO/c1-4-13(15)9-10(2)14-11-7-5-6-8-12(11,13)3/h10-11,14-15H,4-9H2,1-3H3. The largest absolute Gasteiger partial charge is 0.389 e. The SMILES string of the molecule is CCC1(O)CC(C)NC2CCCCC21C. The maximum Gasteiger partial charge on any atom is 0.0728 e. The molecule has 0 aromatic carbocycles. The predicted molar refractivity (Wildman–Crippen MR) is 62.8 cm³/mol. The molecule has 0 aromatic heterocycles. The molecule has 1 saturated heterocycles. The fourth-order valence-corrected chi connectivity index (χ4v) is 3.85. The summed E-state index contributed by atoms with van der Waals surface area (Å²) >= 11 is 0. The average Bonchev–Trinajstić information content (AvgIpc) is 2.20. The molecule has 1 aliphatic heterocycles. The van der Waals surface area contributed by atoms with Gasteiger partial charge in [-0.1, -0.05) is 26.7 Å². The zero-order valence-corrected chi connectivity index (χ0v) is 10.3. The first-order valence-electron chi connectivity index (χ1n) is 6.50. The minimum atomic E-state index is -0.442. The van der Waals surface area contributed by atoms with Gasteiger partial charge in [-0.15, -0.1) is 0 Å². The van der Waals surface area contributed by atoms with E-state index in [2.05, 4.69) is 26.1 Å². The molecule has 0 spiro atoms. The van der Waals surface area contributed by atoms with Gasteiger partial charge < -0.3 is 10.4 Å². The molecule has 4 unspecified atom stereocenters. The third kappa shape index (κ3) is 1.62. The Bertz CT molecular complexity index is 243. The third-order valence-corrected chi connectivity index (χ3v) is 4.99. The molecule has 2 nitrogen and oxygen atoms in total. The van der Waals surface area contributed by atoms with Crippen LogP contribution in [0.3, 0.4) is 0 Å². The highest BCUT2D eigenvalue weighted by Gasteiger charge is 2.54. The third-order valence-electron chi connectivity index (χ3n) is 4.99. The van der Waals surface area contributed by atoms with Gasteiger partial charge in [0.15, 0.2) is 0 Å². The number of nitrogens with one attached hydrogen (secondary N) is 1. The highest BCUT2D eigenvalue weighted by molar-refractivity contribution is 5.09. The van der Waals surface area contributed by atoms with Gasteiger partial charge >= 0.3 is 0 Å². The molecule has 2 rings (SSSR count). The molecule has 2 aliphatic rings. The van der Waals surface area contributed by atoms with Gasteiger partial charge in [0, 0.05) is 17.5 Å². The van der Waals surface area contributed by atoms with Crippen LogP contribution >= 0.6 is 0 Å². The van der Waals surface area contributed by atoms with Crippen molar-refractivity contribution in [1.82, 2.24) is 5.32 Å². The van der Waals surface area contributed by atoms with Crippen molar-refractivity contribution in [2.75, 3.05) is 0 Å². The second-order valence-corrected chi connectivity index (χ2v) is 5.87. The van der Waals surface area contributed by atoms with Crippen LogP contribution in [0, 0.1) is 5.41 Å². The van der Waals surface area contributed by atoms with E-state index in [1.807, 2.05) is 0 Å². The number of hydrogen-bond donors (Lipinski definition) is 2. The predicted octanol–water partition coefficient (Wildman–Crippen LogP) is 2.46. The van der Waals surface area contributed by atoms with Gasteiger partial charge in [-0.2, -0.15) is 0 Å². The summed E-state index contributed by atoms with van der Waals surface area (Å²) in [5.74, 6) is 0. The summed E-state index contributed by atoms with van der Waals surface area (Å²) in [6.07, 6.45) is 6.83. The Labute approximate surface area is 93.5 Å². The van der Waals surface area contributed by atoms with Gasteiger partial charge in [-0.3, -0.25) is 0 Å². The van der Waals surface area contributed by atoms with Crippen molar-refractivity contribution < 1.29 is 5.11 Å². The van der Waals surface area contributed by atoms with Gasteiger partial charge in [-0.05, 0) is 32.6 Å². The lowest BCUT2D eigenvalue weighted by molar-refractivity contribution is -0.145. The summed E-state index contributed by atoms with van der Waals surface area (Å²) in [7, 11) is 0. The van der Waals surface area contributed by atoms with Crippen LogP contribution in [0.5, 0.6) is 0 Å². The summed E-state index contributed by atoms with van der Waals surface area (Å²) in [6, 6.07) is 0.992. The van der Waals surface area contributed by atoms with E-state index >= 15 is 0 Å². The lowest BCUT2D eigenvalue weighted by Crippen LogP contribution is -2.66. The lowest BCUT2D eigenvalue weighted by atomic mass is 9.57. The Kier molecular flexibility index (Phi) is 2.85. The van der Waals surface area contributed by atoms with Crippen LogP contribution in [0.4, 0.5) is 0 Å². The normalized spacial score (nSPS) is 51.2. The van der Waals surface area contributed by atoms with E-state index < -0.39 is 5.60 Å². The van der Waals surface area contributed by atoms with E-state index in [1.165, 1.54) is 25.7 Å². The van der Waals surface area contributed by atoms with E-state index in [0.717, 1.165) is 12.8 Å². The van der Waals surface area contributed by atoms with Gasteiger partial charge in [-0.25, -0.2) is 0 Å². The Morgan fingerprint density at radius 2 is 2.13 bits per heavy atom. The maximum absolute atomic E-state index is 10.9. The summed E-state index contributed by atoms with van der Waals surface area (Å²) in [5, 5.41) is 14.6. The number of piperidine rings is 1. The molecule has 0 radical (unpaired) electrons. The number of hydrogen-bond acceptors (Lipinski definition) is 2. The van der Waals surface area contributed by atoms with Crippen molar-refractivity contribution >= 4 is 0 Å². The van der Waals surface area contributed by atoms with Gasteiger partial charge in [0.25, 0.3) is 0 Å². The molecule has 0 amide bonds. The van der Waals surface area contributed by atoms with Crippen molar-refractivity contribution in [1.29, 1.82) is 0 Å². The van der Waals surface area contributed by atoms with Crippen molar-refractivity contribution in [3.8, 4) is 0 Å². The van der Waals surface area contributed by atoms with Crippen LogP contribution in [0.1, 0.15) is 59.3 Å². The minimum absolute atomic E-state index is 0.104. The molecule has 1 heterocycles. The molecular weight excluding hydrogens is 186 g/mol. The first-order valence-corrected chi connectivity index (χ1v) is 6.50. The molecule has 2 fully saturated rings. The monoisotopic (exact) mass is 211 g/mol. The van der Waals surface area contributed by atoms with E-state index in [4.69, 9.17) is 0 Å². The Balaban J connectivity index is 2.29. The van der Waals surface area contributed by atoms with Crippen LogP contribution < -0.4 is 5.32 Å². The second-order valence-electron chi connectivity index (χ2n) is 5.87. The second kappa shape index (κ2) is 3.74. The molecule has 1 saturated carbocycles. The Morgan fingerprint density at radius 3 is 2.80 bits per heavy atom. The highest BCUT2D eigenvalue weighted by Crippen LogP contribution is 2.50. The van der Waals surface area contributed by atoms with Crippen molar-refractivity contribution in [2.24, 2.45) is 5.41 Å². The summed E-state index contributed by atoms with van der Waals surface area (Å²) in [4.78, 5) is 0. The topological polar surface area (TPSA) is 32.3 Å². The molecule has 15 heavy (non-hydrogen) atoms. The zero-order valence-electron chi connectivity index (χ0n) is 10.3. The van der Waals surface area contributed by atoms with E-state index in [0.29, 0.717) is 12.1 Å². The molecule has 2 heteroatoms. The number of aliphatic hydroxyl groups is 1. The quantitative estimate of drug-likeness (QED) is 0.698. The van der Waals surface area contributed by atoms with Crippen molar-refractivity contribution in [3.63, 3.8) is 0 Å². The first-order chi connectivity index (χ1) is 7.02. The average molecular weight is 211 g/mol. The van der Waals surface area contributed by atoms with E-state index in [9.17, 15) is 5.11 Å². The van der Waals surface area contributed by atoms with Crippen molar-refractivity contribution in [3.05, 3.63) is 0 Å². The molecule has 4 atom stereocenters. The van der Waals surface area contributed by atoms with Crippen LogP contribution in [-0.2, 0) is 0 Å². The summed E-state index contributed by atoms with van der Waals surface area (Å²) in [5.41, 5.74) is -0.338. The minimum Gasteiger partial charge on any atom is -0.389 e. The molecule has 1 aliphatic carbocycles. The molecule has 88 valence electrons. The fraction of sp³-hybridized carbons (Fsp3) is 1.00. The highest BCUT2D eigenvalue weighted by atomic mass is 16.3. The molecule has 0 bridgehead atoms. The fourth-order valence-electron chi connectivity index (χ4n) is 3.85. The maximum atomic E-state index is 10.9.